The van der Waals surface area contributed by atoms with Gasteiger partial charge in [-0.15, -0.1) is 0 Å². The molecule has 7 heteroatoms. The second-order valence-corrected chi connectivity index (χ2v) is 3.38. The topological polar surface area (TPSA) is 110 Å². The lowest BCUT2D eigenvalue weighted by Gasteiger charge is -2.15. The van der Waals surface area contributed by atoms with E-state index in [0.717, 1.165) is 0 Å². The van der Waals surface area contributed by atoms with Crippen molar-refractivity contribution in [3.8, 4) is 5.75 Å². The molecular formula is C11H14N4O3. The molecule has 1 aromatic carbocycles. The molecular weight excluding hydrogens is 236 g/mol. The van der Waals surface area contributed by atoms with Gasteiger partial charge in [0.1, 0.15) is 5.75 Å². The Morgan fingerprint density at radius 1 is 1.61 bits per heavy atom. The molecule has 0 spiro atoms. The highest BCUT2D eigenvalue weighted by Gasteiger charge is 2.18. The Morgan fingerprint density at radius 2 is 2.39 bits per heavy atom. The van der Waals surface area contributed by atoms with Gasteiger partial charge in [0, 0.05) is 11.5 Å². The first-order valence-electron chi connectivity index (χ1n) is 5.24. The molecule has 1 atom stereocenters. The van der Waals surface area contributed by atoms with Gasteiger partial charge >= 0.3 is 0 Å². The van der Waals surface area contributed by atoms with Crippen molar-refractivity contribution in [3.05, 3.63) is 40.3 Å². The number of methoxy groups -OCH3 is 1. The van der Waals surface area contributed by atoms with Gasteiger partial charge in [0.05, 0.1) is 13.7 Å². The molecule has 0 heterocycles. The van der Waals surface area contributed by atoms with Gasteiger partial charge in [-0.1, -0.05) is 17.2 Å². The Kier molecular flexibility index (Phi) is 5.50. The molecule has 1 aromatic rings. The highest BCUT2D eigenvalue weighted by Crippen LogP contribution is 2.21. The van der Waals surface area contributed by atoms with E-state index in [4.69, 9.17) is 20.7 Å². The first-order chi connectivity index (χ1) is 8.69. The van der Waals surface area contributed by atoms with Crippen LogP contribution in [-0.2, 0) is 9.53 Å². The smallest absolute Gasteiger partial charge is 0.251 e. The Hall–Kier alpha value is -2.24. The Balaban J connectivity index is 2.76. The average Bonchev–Trinajstić information content (AvgIpc) is 2.38. The minimum atomic E-state index is -0.881. The van der Waals surface area contributed by atoms with E-state index in [9.17, 15) is 4.79 Å². The number of ether oxygens (including phenoxy) is 2. The Bertz CT molecular complexity index is 457. The Morgan fingerprint density at radius 3 is 3.00 bits per heavy atom. The van der Waals surface area contributed by atoms with Gasteiger partial charge in [-0.05, 0) is 23.2 Å². The number of carbonyl (C=O) groups is 1. The summed E-state index contributed by atoms with van der Waals surface area (Å²) in [6.45, 7) is 0.263. The molecule has 1 amide bonds. The summed E-state index contributed by atoms with van der Waals surface area (Å²) in [4.78, 5) is 13.9. The summed E-state index contributed by atoms with van der Waals surface area (Å²) in [5, 5.41) is 3.31. The molecule has 0 bridgehead atoms. The highest BCUT2D eigenvalue weighted by atomic mass is 16.5. The number of nitrogens with zero attached hydrogens (tertiary/aromatic N) is 3. The molecule has 18 heavy (non-hydrogen) atoms. The van der Waals surface area contributed by atoms with Crippen LogP contribution in [0.25, 0.3) is 10.4 Å². The second kappa shape index (κ2) is 7.16. The maximum atomic E-state index is 11.3. The standard InChI is InChI=1S/C11H14N4O3/c1-17-9-4-2-3-8(7-9)10(11(12)16)18-6-5-14-15-13/h2-4,7,10H,5-6H2,1H3,(H2,12,16). The van der Waals surface area contributed by atoms with Crippen LogP contribution < -0.4 is 10.5 Å². The molecule has 0 saturated carbocycles. The number of hydrogen-bond acceptors (Lipinski definition) is 4. The van der Waals surface area contributed by atoms with Crippen molar-refractivity contribution in [2.45, 2.75) is 6.10 Å². The first-order valence-corrected chi connectivity index (χ1v) is 5.24. The third-order valence-electron chi connectivity index (χ3n) is 2.19. The predicted molar refractivity (Wildman–Crippen MR) is 64.9 cm³/mol. The van der Waals surface area contributed by atoms with Crippen LogP contribution in [0.4, 0.5) is 0 Å². The summed E-state index contributed by atoms with van der Waals surface area (Å²) >= 11 is 0. The highest BCUT2D eigenvalue weighted by molar-refractivity contribution is 5.80. The minimum Gasteiger partial charge on any atom is -0.497 e. The molecule has 1 rings (SSSR count). The number of azide groups is 1. The monoisotopic (exact) mass is 250 g/mol. The lowest BCUT2D eigenvalue weighted by molar-refractivity contribution is -0.129. The van der Waals surface area contributed by atoms with Gasteiger partial charge in [-0.25, -0.2) is 0 Å². The van der Waals surface area contributed by atoms with Crippen molar-refractivity contribution >= 4 is 5.91 Å². The largest absolute Gasteiger partial charge is 0.497 e. The molecule has 0 aliphatic carbocycles. The van der Waals surface area contributed by atoms with Crippen molar-refractivity contribution < 1.29 is 14.3 Å². The molecule has 0 radical (unpaired) electrons. The summed E-state index contributed by atoms with van der Waals surface area (Å²) in [6, 6.07) is 6.87. The van der Waals surface area contributed by atoms with E-state index in [1.165, 1.54) is 7.11 Å². The quantitative estimate of drug-likeness (QED) is 0.343. The number of benzene rings is 1. The minimum absolute atomic E-state index is 0.120. The number of carbonyl (C=O) groups excluding carboxylic acids is 1. The van der Waals surface area contributed by atoms with Gasteiger partial charge in [0.2, 0.25) is 0 Å². The van der Waals surface area contributed by atoms with Crippen LogP contribution in [0.3, 0.4) is 0 Å². The van der Waals surface area contributed by atoms with Crippen LogP contribution in [0.2, 0.25) is 0 Å². The van der Waals surface area contributed by atoms with Crippen LogP contribution in [-0.4, -0.2) is 26.2 Å². The fourth-order valence-electron chi connectivity index (χ4n) is 1.40. The molecule has 1 unspecified atom stereocenters. The summed E-state index contributed by atoms with van der Waals surface area (Å²) in [5.74, 6) is 0.00147. The van der Waals surface area contributed by atoms with Crippen molar-refractivity contribution in [3.63, 3.8) is 0 Å². The fraction of sp³-hybridized carbons (Fsp3) is 0.364. The zero-order valence-corrected chi connectivity index (χ0v) is 9.94. The number of hydrogen-bond donors (Lipinski definition) is 1. The second-order valence-electron chi connectivity index (χ2n) is 3.38. The SMILES string of the molecule is COc1cccc(C(OCCN=[N+]=[N-])C(N)=O)c1. The molecule has 0 aromatic heterocycles. The maximum absolute atomic E-state index is 11.3. The lowest BCUT2D eigenvalue weighted by Crippen LogP contribution is -2.24. The van der Waals surface area contributed by atoms with Crippen LogP contribution in [0.1, 0.15) is 11.7 Å². The third-order valence-corrected chi connectivity index (χ3v) is 2.19. The lowest BCUT2D eigenvalue weighted by atomic mass is 10.1. The number of primary amides is 1. The van der Waals surface area contributed by atoms with Crippen molar-refractivity contribution in [2.75, 3.05) is 20.3 Å². The zero-order chi connectivity index (χ0) is 13.4. The zero-order valence-electron chi connectivity index (χ0n) is 9.94. The van der Waals surface area contributed by atoms with Crippen LogP contribution in [0.5, 0.6) is 5.75 Å². The van der Waals surface area contributed by atoms with E-state index in [1.807, 2.05) is 0 Å². The summed E-state index contributed by atoms with van der Waals surface area (Å²) in [6.07, 6.45) is -0.881. The van der Waals surface area contributed by atoms with Crippen LogP contribution >= 0.6 is 0 Å². The first kappa shape index (κ1) is 13.8. The van der Waals surface area contributed by atoms with Crippen molar-refractivity contribution in [1.82, 2.24) is 0 Å². The summed E-state index contributed by atoms with van der Waals surface area (Å²) in [7, 11) is 1.53. The molecule has 96 valence electrons. The van der Waals surface area contributed by atoms with E-state index in [0.29, 0.717) is 11.3 Å². The third kappa shape index (κ3) is 3.97. The number of amides is 1. The number of nitrogens with two attached hydrogens (primary N) is 1. The molecule has 0 aliphatic heterocycles. The van der Waals surface area contributed by atoms with Gasteiger partial charge in [0.25, 0.3) is 5.91 Å². The van der Waals surface area contributed by atoms with E-state index >= 15 is 0 Å². The van der Waals surface area contributed by atoms with Gasteiger partial charge in [-0.2, -0.15) is 0 Å². The fourth-order valence-corrected chi connectivity index (χ4v) is 1.40. The van der Waals surface area contributed by atoms with Gasteiger partial charge in [-0.3, -0.25) is 4.79 Å². The van der Waals surface area contributed by atoms with E-state index < -0.39 is 12.0 Å². The molecule has 0 fully saturated rings. The molecule has 2 N–H and O–H groups in total. The van der Waals surface area contributed by atoms with Crippen molar-refractivity contribution in [2.24, 2.45) is 10.8 Å². The molecule has 0 aliphatic rings. The molecule has 7 nitrogen and oxygen atoms in total. The van der Waals surface area contributed by atoms with E-state index in [1.54, 1.807) is 24.3 Å². The van der Waals surface area contributed by atoms with Crippen LogP contribution in [0, 0.1) is 0 Å². The predicted octanol–water partition coefficient (Wildman–Crippen LogP) is 1.55. The maximum Gasteiger partial charge on any atom is 0.251 e. The normalized spacial score (nSPS) is 11.4. The average molecular weight is 250 g/mol. The van der Waals surface area contributed by atoms with Gasteiger partial charge in [0.15, 0.2) is 6.10 Å². The Labute approximate surface area is 104 Å². The van der Waals surface area contributed by atoms with Gasteiger partial charge < -0.3 is 15.2 Å². The summed E-state index contributed by atoms with van der Waals surface area (Å²) < 4.78 is 10.3. The molecule has 0 saturated heterocycles. The van der Waals surface area contributed by atoms with E-state index in [2.05, 4.69) is 10.0 Å². The van der Waals surface area contributed by atoms with Crippen LogP contribution in [0.15, 0.2) is 29.4 Å². The number of rotatable bonds is 7. The summed E-state index contributed by atoms with van der Waals surface area (Å²) in [5.41, 5.74) is 14.0. The van der Waals surface area contributed by atoms with Crippen molar-refractivity contribution in [1.29, 1.82) is 0 Å². The van der Waals surface area contributed by atoms with E-state index in [-0.39, 0.29) is 13.2 Å².